The molecule has 3 N–H and O–H groups in total. The van der Waals surface area contributed by atoms with Crippen LogP contribution in [0.2, 0.25) is 0 Å². The van der Waals surface area contributed by atoms with Gasteiger partial charge in [-0.15, -0.1) is 0 Å². The molecule has 8 nitrogen and oxygen atoms in total. The molecule has 0 aliphatic rings. The van der Waals surface area contributed by atoms with E-state index in [4.69, 9.17) is 9.47 Å². The Hall–Kier alpha value is -3.39. The molecule has 8 heteroatoms. The summed E-state index contributed by atoms with van der Waals surface area (Å²) in [6.45, 7) is 4.50. The van der Waals surface area contributed by atoms with Gasteiger partial charge < -0.3 is 25.2 Å². The molecule has 0 heterocycles. The highest BCUT2D eigenvalue weighted by molar-refractivity contribution is 5.90. The van der Waals surface area contributed by atoms with Crippen LogP contribution in [0.3, 0.4) is 0 Å². The molecular weight excluding hydrogens is 412 g/mol. The molecule has 0 saturated heterocycles. The quantitative estimate of drug-likeness (QED) is 0.514. The summed E-state index contributed by atoms with van der Waals surface area (Å²) < 4.78 is 10.5. The summed E-state index contributed by atoms with van der Waals surface area (Å²) >= 11 is 0. The molecule has 0 radical (unpaired) electrons. The van der Waals surface area contributed by atoms with E-state index >= 15 is 0 Å². The topological polar surface area (TPSA) is 114 Å². The van der Waals surface area contributed by atoms with E-state index in [0.29, 0.717) is 0 Å². The standard InChI is InChI=1S/C24H30N2O6/c1-24(2,3)32-23(30)26-19(14-17-10-6-4-7-11-17)21(28)25-20(15-27)22(29)31-16-18-12-8-5-9-13-18/h4-13,19-20,27H,14-16H2,1-3H3,(H,25,28)(H,26,30)/t19-,20?/m1/s1. The first kappa shape index (κ1) is 24.9. The number of aliphatic hydroxyl groups excluding tert-OH is 1. The molecule has 0 aliphatic heterocycles. The van der Waals surface area contributed by atoms with Crippen molar-refractivity contribution in [1.29, 1.82) is 0 Å². The molecule has 0 fully saturated rings. The fourth-order valence-corrected chi connectivity index (χ4v) is 2.79. The van der Waals surface area contributed by atoms with Gasteiger partial charge in [0.2, 0.25) is 5.91 Å². The minimum atomic E-state index is -1.27. The Morgan fingerprint density at radius 1 is 0.875 bits per heavy atom. The zero-order valence-electron chi connectivity index (χ0n) is 18.5. The molecule has 0 saturated carbocycles. The minimum Gasteiger partial charge on any atom is -0.459 e. The Labute approximate surface area is 187 Å². The van der Waals surface area contributed by atoms with Crippen molar-refractivity contribution in [2.45, 2.75) is 51.5 Å². The van der Waals surface area contributed by atoms with E-state index in [0.717, 1.165) is 11.1 Å². The van der Waals surface area contributed by atoms with Crippen LogP contribution in [0, 0.1) is 0 Å². The maximum Gasteiger partial charge on any atom is 0.408 e. The number of ether oxygens (including phenoxy) is 2. The largest absolute Gasteiger partial charge is 0.459 e. The van der Waals surface area contributed by atoms with Crippen molar-refractivity contribution in [3.05, 3.63) is 71.8 Å². The zero-order chi connectivity index (χ0) is 23.6. The van der Waals surface area contributed by atoms with Gasteiger partial charge >= 0.3 is 12.1 Å². The van der Waals surface area contributed by atoms with Gasteiger partial charge in [0, 0.05) is 6.42 Å². The molecular formula is C24H30N2O6. The highest BCUT2D eigenvalue weighted by Gasteiger charge is 2.29. The first-order valence-electron chi connectivity index (χ1n) is 10.3. The highest BCUT2D eigenvalue weighted by Crippen LogP contribution is 2.09. The second-order valence-corrected chi connectivity index (χ2v) is 8.23. The van der Waals surface area contributed by atoms with Gasteiger partial charge in [-0.1, -0.05) is 60.7 Å². The summed E-state index contributed by atoms with van der Waals surface area (Å²) in [7, 11) is 0. The predicted molar refractivity (Wildman–Crippen MR) is 119 cm³/mol. The number of esters is 1. The number of carbonyl (C=O) groups is 3. The first-order chi connectivity index (χ1) is 15.2. The second-order valence-electron chi connectivity index (χ2n) is 8.23. The molecule has 2 atom stereocenters. The molecule has 2 aromatic rings. The van der Waals surface area contributed by atoms with Crippen molar-refractivity contribution in [3.63, 3.8) is 0 Å². The third kappa shape index (κ3) is 8.77. The summed E-state index contributed by atoms with van der Waals surface area (Å²) in [5, 5.41) is 14.6. The van der Waals surface area contributed by atoms with E-state index in [2.05, 4.69) is 10.6 Å². The number of aliphatic hydroxyl groups is 1. The van der Waals surface area contributed by atoms with Gasteiger partial charge in [0.15, 0.2) is 6.04 Å². The van der Waals surface area contributed by atoms with Crippen LogP contribution in [0.4, 0.5) is 4.79 Å². The minimum absolute atomic E-state index is 0.00957. The Morgan fingerprint density at radius 2 is 1.44 bits per heavy atom. The van der Waals surface area contributed by atoms with Gasteiger partial charge in [-0.2, -0.15) is 0 Å². The Morgan fingerprint density at radius 3 is 1.97 bits per heavy atom. The fourth-order valence-electron chi connectivity index (χ4n) is 2.79. The number of alkyl carbamates (subject to hydrolysis) is 1. The van der Waals surface area contributed by atoms with Gasteiger partial charge in [0.25, 0.3) is 0 Å². The molecule has 172 valence electrons. The Balaban J connectivity index is 2.04. The molecule has 32 heavy (non-hydrogen) atoms. The smallest absolute Gasteiger partial charge is 0.408 e. The van der Waals surface area contributed by atoms with Crippen molar-refractivity contribution in [2.24, 2.45) is 0 Å². The SMILES string of the molecule is CC(C)(C)OC(=O)N[C@H](Cc1ccccc1)C(=O)NC(CO)C(=O)OCc1ccccc1. The summed E-state index contributed by atoms with van der Waals surface area (Å²) in [6, 6.07) is 15.8. The van der Waals surface area contributed by atoms with E-state index in [1.165, 1.54) is 0 Å². The van der Waals surface area contributed by atoms with Crippen LogP contribution in [0.15, 0.2) is 60.7 Å². The van der Waals surface area contributed by atoms with Gasteiger partial charge in [-0.3, -0.25) is 4.79 Å². The number of amides is 2. The molecule has 1 unspecified atom stereocenters. The van der Waals surface area contributed by atoms with Gasteiger partial charge in [0.1, 0.15) is 18.2 Å². The molecule has 2 aromatic carbocycles. The summed E-state index contributed by atoms with van der Waals surface area (Å²) in [5.74, 6) is -1.42. The lowest BCUT2D eigenvalue weighted by Crippen LogP contribution is -2.54. The summed E-state index contributed by atoms with van der Waals surface area (Å²) in [5.41, 5.74) is 0.834. The van der Waals surface area contributed by atoms with Crippen LogP contribution in [-0.2, 0) is 32.1 Å². The lowest BCUT2D eigenvalue weighted by molar-refractivity contribution is -0.150. The molecule has 0 spiro atoms. The van der Waals surface area contributed by atoms with Crippen LogP contribution in [0.25, 0.3) is 0 Å². The van der Waals surface area contributed by atoms with E-state index in [1.54, 1.807) is 32.9 Å². The van der Waals surface area contributed by atoms with E-state index in [-0.39, 0.29) is 13.0 Å². The lowest BCUT2D eigenvalue weighted by Gasteiger charge is -2.24. The molecule has 0 bridgehead atoms. The number of hydrogen-bond donors (Lipinski definition) is 3. The third-order valence-electron chi connectivity index (χ3n) is 4.30. The monoisotopic (exact) mass is 442 g/mol. The maximum atomic E-state index is 12.9. The lowest BCUT2D eigenvalue weighted by atomic mass is 10.0. The fraction of sp³-hybridized carbons (Fsp3) is 0.375. The zero-order valence-corrected chi connectivity index (χ0v) is 18.5. The van der Waals surface area contributed by atoms with Crippen molar-refractivity contribution in [3.8, 4) is 0 Å². The average molecular weight is 443 g/mol. The number of hydrogen-bond acceptors (Lipinski definition) is 6. The maximum absolute atomic E-state index is 12.9. The second kappa shape index (κ2) is 11.9. The van der Waals surface area contributed by atoms with Crippen LogP contribution < -0.4 is 10.6 Å². The Bertz CT molecular complexity index is 880. The number of carbonyl (C=O) groups excluding carboxylic acids is 3. The van der Waals surface area contributed by atoms with Crippen LogP contribution >= 0.6 is 0 Å². The summed E-state index contributed by atoms with van der Waals surface area (Å²) in [4.78, 5) is 37.5. The molecule has 2 amide bonds. The van der Waals surface area contributed by atoms with Crippen LogP contribution in [-0.4, -0.2) is 47.4 Å². The average Bonchev–Trinajstić information content (AvgIpc) is 2.75. The van der Waals surface area contributed by atoms with E-state index < -0.39 is 42.3 Å². The number of rotatable bonds is 9. The van der Waals surface area contributed by atoms with Gasteiger partial charge in [-0.05, 0) is 31.9 Å². The summed E-state index contributed by atoms with van der Waals surface area (Å²) in [6.07, 6.45) is -0.593. The normalized spacial score (nSPS) is 12.9. The van der Waals surface area contributed by atoms with Crippen molar-refractivity contribution < 1.29 is 29.0 Å². The van der Waals surface area contributed by atoms with Crippen LogP contribution in [0.1, 0.15) is 31.9 Å². The number of nitrogens with one attached hydrogen (secondary N) is 2. The van der Waals surface area contributed by atoms with Crippen molar-refractivity contribution in [2.75, 3.05) is 6.61 Å². The molecule has 0 aliphatic carbocycles. The van der Waals surface area contributed by atoms with Crippen LogP contribution in [0.5, 0.6) is 0 Å². The van der Waals surface area contributed by atoms with E-state index in [9.17, 15) is 19.5 Å². The van der Waals surface area contributed by atoms with E-state index in [1.807, 2.05) is 48.5 Å². The van der Waals surface area contributed by atoms with Crippen molar-refractivity contribution in [1.82, 2.24) is 10.6 Å². The third-order valence-corrected chi connectivity index (χ3v) is 4.30. The predicted octanol–water partition coefficient (Wildman–Crippen LogP) is 2.34. The highest BCUT2D eigenvalue weighted by atomic mass is 16.6. The molecule has 0 aromatic heterocycles. The van der Waals surface area contributed by atoms with Gasteiger partial charge in [-0.25, -0.2) is 9.59 Å². The van der Waals surface area contributed by atoms with Crippen molar-refractivity contribution >= 4 is 18.0 Å². The van der Waals surface area contributed by atoms with Gasteiger partial charge in [0.05, 0.1) is 6.61 Å². The molecule has 2 rings (SSSR count). The Kier molecular flexibility index (Phi) is 9.22. The number of benzene rings is 2. The first-order valence-corrected chi connectivity index (χ1v) is 10.3.